The summed E-state index contributed by atoms with van der Waals surface area (Å²) in [6.07, 6.45) is 0. The first-order valence-corrected chi connectivity index (χ1v) is 7.56. The van der Waals surface area contributed by atoms with E-state index in [-0.39, 0.29) is 5.78 Å². The second kappa shape index (κ2) is 6.92. The fourth-order valence-electron chi connectivity index (χ4n) is 2.02. The second-order valence-corrected chi connectivity index (χ2v) is 5.89. The van der Waals surface area contributed by atoms with Crippen LogP contribution in [0.1, 0.15) is 21.8 Å². The van der Waals surface area contributed by atoms with E-state index in [1.165, 1.54) is 7.11 Å². The van der Waals surface area contributed by atoms with Crippen LogP contribution in [-0.2, 0) is 0 Å². The Kier molecular flexibility index (Phi) is 5.21. The number of ether oxygens (including phenoxy) is 1. The SMILES string of the molecule is COc1ccccc1C(C#N)C(=O)c1cc(Cl)ccc1I. The molecule has 21 heavy (non-hydrogen) atoms. The standard InChI is InChI=1S/C16H11ClINO2/c1-21-15-5-3-2-4-11(15)13(9-19)16(20)12-8-10(17)6-7-14(12)18/h2-8,13H,1H3. The van der Waals surface area contributed by atoms with E-state index in [1.807, 2.05) is 0 Å². The van der Waals surface area contributed by atoms with Crippen molar-refractivity contribution in [1.82, 2.24) is 0 Å². The second-order valence-electron chi connectivity index (χ2n) is 4.29. The highest BCUT2D eigenvalue weighted by Crippen LogP contribution is 2.30. The Hall–Kier alpha value is -1.58. The summed E-state index contributed by atoms with van der Waals surface area (Å²) in [6, 6.07) is 14.1. The molecule has 0 radical (unpaired) electrons. The van der Waals surface area contributed by atoms with Crippen LogP contribution in [0.15, 0.2) is 42.5 Å². The Morgan fingerprint density at radius 2 is 2.05 bits per heavy atom. The molecule has 1 atom stereocenters. The lowest BCUT2D eigenvalue weighted by Crippen LogP contribution is -2.13. The van der Waals surface area contributed by atoms with Gasteiger partial charge >= 0.3 is 0 Å². The third-order valence-electron chi connectivity index (χ3n) is 3.04. The summed E-state index contributed by atoms with van der Waals surface area (Å²) in [5.41, 5.74) is 1.00. The van der Waals surface area contributed by atoms with Gasteiger partial charge in [0.2, 0.25) is 0 Å². The maximum absolute atomic E-state index is 12.7. The number of nitriles is 1. The topological polar surface area (TPSA) is 50.1 Å². The van der Waals surface area contributed by atoms with Crippen molar-refractivity contribution >= 4 is 40.0 Å². The quantitative estimate of drug-likeness (QED) is 0.552. The van der Waals surface area contributed by atoms with Crippen LogP contribution in [0, 0.1) is 14.9 Å². The van der Waals surface area contributed by atoms with Gasteiger partial charge in [-0.05, 0) is 46.9 Å². The van der Waals surface area contributed by atoms with Gasteiger partial charge in [0, 0.05) is 19.7 Å². The van der Waals surface area contributed by atoms with Crippen LogP contribution in [0.3, 0.4) is 0 Å². The highest BCUT2D eigenvalue weighted by atomic mass is 127. The number of ketones is 1. The molecule has 0 aliphatic carbocycles. The predicted octanol–water partition coefficient (Wildman–Crippen LogP) is 4.44. The minimum Gasteiger partial charge on any atom is -0.496 e. The number of halogens is 2. The number of hydrogen-bond acceptors (Lipinski definition) is 3. The highest BCUT2D eigenvalue weighted by molar-refractivity contribution is 14.1. The monoisotopic (exact) mass is 411 g/mol. The average Bonchev–Trinajstić information content (AvgIpc) is 2.50. The zero-order valence-corrected chi connectivity index (χ0v) is 14.1. The molecule has 0 N–H and O–H groups in total. The van der Waals surface area contributed by atoms with E-state index >= 15 is 0 Å². The van der Waals surface area contributed by atoms with Crippen molar-refractivity contribution in [1.29, 1.82) is 5.26 Å². The Morgan fingerprint density at radius 1 is 1.33 bits per heavy atom. The molecule has 106 valence electrons. The number of carbonyl (C=O) groups is 1. The van der Waals surface area contributed by atoms with Gasteiger partial charge in [-0.25, -0.2) is 0 Å². The number of nitrogens with zero attached hydrogens (tertiary/aromatic N) is 1. The Morgan fingerprint density at radius 3 is 2.71 bits per heavy atom. The van der Waals surface area contributed by atoms with Crippen molar-refractivity contribution in [3.63, 3.8) is 0 Å². The number of rotatable bonds is 4. The van der Waals surface area contributed by atoms with Crippen molar-refractivity contribution in [3.05, 3.63) is 62.2 Å². The molecule has 1 unspecified atom stereocenters. The van der Waals surface area contributed by atoms with Crippen molar-refractivity contribution in [3.8, 4) is 11.8 Å². The van der Waals surface area contributed by atoms with E-state index in [0.29, 0.717) is 21.9 Å². The predicted molar refractivity (Wildman–Crippen MR) is 89.8 cm³/mol. The number of Topliss-reactive ketones (excluding diaryl/α,β-unsaturated/α-hetero) is 1. The van der Waals surface area contributed by atoms with Crippen LogP contribution in [0.25, 0.3) is 0 Å². The molecule has 0 aliphatic rings. The minimum atomic E-state index is -0.923. The lowest BCUT2D eigenvalue weighted by atomic mass is 9.91. The van der Waals surface area contributed by atoms with E-state index < -0.39 is 5.92 Å². The summed E-state index contributed by atoms with van der Waals surface area (Å²) in [7, 11) is 1.51. The maximum atomic E-state index is 12.7. The third kappa shape index (κ3) is 3.36. The Bertz CT molecular complexity index is 724. The van der Waals surface area contributed by atoms with E-state index in [1.54, 1.807) is 42.5 Å². The third-order valence-corrected chi connectivity index (χ3v) is 4.21. The first kappa shape index (κ1) is 15.8. The molecule has 2 aromatic rings. The lowest BCUT2D eigenvalue weighted by Gasteiger charge is -2.13. The molecule has 0 aromatic heterocycles. The summed E-state index contributed by atoms with van der Waals surface area (Å²) < 4.78 is 6.00. The molecule has 0 heterocycles. The molecular formula is C16H11ClINO2. The van der Waals surface area contributed by atoms with Gasteiger partial charge in [-0.1, -0.05) is 29.8 Å². The number of para-hydroxylation sites is 1. The van der Waals surface area contributed by atoms with Gasteiger partial charge < -0.3 is 4.74 Å². The molecule has 2 rings (SSSR count). The van der Waals surface area contributed by atoms with Crippen molar-refractivity contribution in [2.45, 2.75) is 5.92 Å². The first-order chi connectivity index (χ1) is 10.1. The van der Waals surface area contributed by atoms with Gasteiger partial charge in [0.25, 0.3) is 0 Å². The normalized spacial score (nSPS) is 11.5. The largest absolute Gasteiger partial charge is 0.496 e. The van der Waals surface area contributed by atoms with Gasteiger partial charge in [-0.15, -0.1) is 0 Å². The number of carbonyl (C=O) groups excluding carboxylic acids is 1. The van der Waals surface area contributed by atoms with Crippen LogP contribution in [0.4, 0.5) is 0 Å². The van der Waals surface area contributed by atoms with Crippen LogP contribution in [0.2, 0.25) is 5.02 Å². The molecule has 0 saturated carbocycles. The zero-order chi connectivity index (χ0) is 15.4. The molecule has 2 aromatic carbocycles. The summed E-state index contributed by atoms with van der Waals surface area (Å²) in [4.78, 5) is 12.7. The molecule has 0 fully saturated rings. The molecule has 0 spiro atoms. The molecular weight excluding hydrogens is 401 g/mol. The minimum absolute atomic E-state index is 0.283. The Labute approximate surface area is 141 Å². The van der Waals surface area contributed by atoms with E-state index in [4.69, 9.17) is 16.3 Å². The van der Waals surface area contributed by atoms with Gasteiger partial charge in [-0.3, -0.25) is 4.79 Å². The summed E-state index contributed by atoms with van der Waals surface area (Å²) >= 11 is 8.01. The van der Waals surface area contributed by atoms with Gasteiger partial charge in [-0.2, -0.15) is 5.26 Å². The van der Waals surface area contributed by atoms with Crippen LogP contribution >= 0.6 is 34.2 Å². The average molecular weight is 412 g/mol. The molecule has 0 saturated heterocycles. The van der Waals surface area contributed by atoms with E-state index in [2.05, 4.69) is 28.7 Å². The van der Waals surface area contributed by atoms with Gasteiger partial charge in [0.15, 0.2) is 5.78 Å². The van der Waals surface area contributed by atoms with Crippen LogP contribution in [0.5, 0.6) is 5.75 Å². The van der Waals surface area contributed by atoms with Crippen LogP contribution in [-0.4, -0.2) is 12.9 Å². The number of benzene rings is 2. The van der Waals surface area contributed by atoms with E-state index in [9.17, 15) is 10.1 Å². The summed E-state index contributed by atoms with van der Waals surface area (Å²) in [5, 5.41) is 9.90. The van der Waals surface area contributed by atoms with Crippen molar-refractivity contribution < 1.29 is 9.53 Å². The molecule has 5 heteroatoms. The summed E-state index contributed by atoms with van der Waals surface area (Å²) in [5.74, 6) is -0.684. The Balaban J connectivity index is 2.49. The molecule has 0 amide bonds. The summed E-state index contributed by atoms with van der Waals surface area (Å²) in [6.45, 7) is 0. The number of methoxy groups -OCH3 is 1. The van der Waals surface area contributed by atoms with Crippen molar-refractivity contribution in [2.75, 3.05) is 7.11 Å². The molecule has 3 nitrogen and oxygen atoms in total. The van der Waals surface area contributed by atoms with Gasteiger partial charge in [0.05, 0.1) is 13.2 Å². The van der Waals surface area contributed by atoms with Gasteiger partial charge in [0.1, 0.15) is 11.7 Å². The lowest BCUT2D eigenvalue weighted by molar-refractivity contribution is 0.0977. The van der Waals surface area contributed by atoms with Crippen molar-refractivity contribution in [2.24, 2.45) is 0 Å². The zero-order valence-electron chi connectivity index (χ0n) is 11.1. The van der Waals surface area contributed by atoms with E-state index in [0.717, 1.165) is 3.57 Å². The first-order valence-electron chi connectivity index (χ1n) is 6.10. The number of hydrogen-bond donors (Lipinski definition) is 0. The smallest absolute Gasteiger partial charge is 0.185 e. The molecule has 0 bridgehead atoms. The fraction of sp³-hybridized carbons (Fsp3) is 0.125. The van der Waals surface area contributed by atoms with Crippen LogP contribution < -0.4 is 4.74 Å². The molecule has 0 aliphatic heterocycles. The maximum Gasteiger partial charge on any atom is 0.185 e. The fourth-order valence-corrected chi connectivity index (χ4v) is 2.79. The highest BCUT2D eigenvalue weighted by Gasteiger charge is 2.26.